The van der Waals surface area contributed by atoms with Gasteiger partial charge in [-0.05, 0) is 6.07 Å². The van der Waals surface area contributed by atoms with Gasteiger partial charge in [0.05, 0.1) is 5.56 Å². The van der Waals surface area contributed by atoms with E-state index in [4.69, 9.17) is 23.2 Å². The van der Waals surface area contributed by atoms with E-state index in [9.17, 15) is 31.9 Å². The predicted octanol–water partition coefficient (Wildman–Crippen LogP) is 4.95. The maximum atomic E-state index is 13.9. The topological polar surface area (TPSA) is 53.1 Å². The van der Waals surface area contributed by atoms with Crippen LogP contribution in [-0.4, -0.2) is 20.2 Å². The minimum Gasteiger partial charge on any atom is -0.385 e. The zero-order chi connectivity index (χ0) is 20.1. The van der Waals surface area contributed by atoms with E-state index >= 15 is 0 Å². The number of nitrogens with one attached hydrogen (secondary N) is 1. The molecule has 0 aliphatic heterocycles. The summed E-state index contributed by atoms with van der Waals surface area (Å²) in [5.41, 5.74) is -1.35. The Morgan fingerprint density at radius 2 is 1.48 bits per heavy atom. The molecule has 1 atom stereocenters. The number of benzene rings is 2. The Balaban J connectivity index is 2.11. The number of para-hydroxylation sites is 1. The fourth-order valence-corrected chi connectivity index (χ4v) is 3.03. The zero-order valence-electron chi connectivity index (χ0n) is 13.0. The number of hydrogen-bond donors (Lipinski definition) is 2. The number of aliphatic hydroxyl groups excluding tert-OH is 1. The maximum absolute atomic E-state index is 13.9. The van der Waals surface area contributed by atoms with Crippen molar-refractivity contribution < 1.29 is 31.9 Å². The number of hydrogen-bond acceptors (Lipinski definition) is 2. The molecule has 27 heavy (non-hydrogen) atoms. The summed E-state index contributed by atoms with van der Waals surface area (Å²) in [5, 5.41) is 10.5. The molecule has 10 heteroatoms. The SMILES string of the molecule is O=C(c1c[nH]c2ccccc12)C(Cl)(Cl)[C@H](O)c1c(F)c(F)c(F)c(F)c1F. The van der Waals surface area contributed by atoms with Crippen molar-refractivity contribution in [2.24, 2.45) is 0 Å². The van der Waals surface area contributed by atoms with Crippen molar-refractivity contribution in [2.45, 2.75) is 10.4 Å². The molecule has 0 amide bonds. The lowest BCUT2D eigenvalue weighted by Crippen LogP contribution is -2.35. The Labute approximate surface area is 158 Å². The van der Waals surface area contributed by atoms with E-state index in [1.807, 2.05) is 0 Å². The molecule has 2 N–H and O–H groups in total. The molecular weight excluding hydrogens is 416 g/mol. The fourth-order valence-electron chi connectivity index (χ4n) is 2.61. The number of halogens is 7. The summed E-state index contributed by atoms with van der Waals surface area (Å²) in [7, 11) is 0. The van der Waals surface area contributed by atoms with Crippen molar-refractivity contribution >= 4 is 39.9 Å². The number of carbonyl (C=O) groups excluding carboxylic acids is 1. The van der Waals surface area contributed by atoms with Gasteiger partial charge in [0, 0.05) is 22.7 Å². The quantitative estimate of drug-likeness (QED) is 0.205. The molecular formula is C17H8Cl2F5NO2. The monoisotopic (exact) mass is 423 g/mol. The third-order valence-corrected chi connectivity index (χ3v) is 4.75. The second kappa shape index (κ2) is 6.78. The van der Waals surface area contributed by atoms with Gasteiger partial charge in [-0.25, -0.2) is 22.0 Å². The Hall–Kier alpha value is -2.16. The molecule has 0 saturated carbocycles. The number of rotatable bonds is 4. The number of aromatic amines is 1. The number of aromatic nitrogens is 1. The minimum atomic E-state index is -2.94. The molecule has 0 aliphatic rings. The number of alkyl halides is 2. The highest BCUT2D eigenvalue weighted by atomic mass is 35.5. The molecule has 3 nitrogen and oxygen atoms in total. The molecule has 0 fully saturated rings. The van der Waals surface area contributed by atoms with E-state index in [-0.39, 0.29) is 5.56 Å². The number of ketones is 1. The molecule has 0 radical (unpaired) electrons. The molecule has 0 spiro atoms. The smallest absolute Gasteiger partial charge is 0.210 e. The van der Waals surface area contributed by atoms with Crippen LogP contribution in [0.1, 0.15) is 22.0 Å². The number of fused-ring (bicyclic) bond motifs is 1. The van der Waals surface area contributed by atoms with Crippen LogP contribution in [0.25, 0.3) is 10.9 Å². The number of Topliss-reactive ketones (excluding diaryl/α,β-unsaturated/α-hetero) is 1. The van der Waals surface area contributed by atoms with Crippen LogP contribution >= 0.6 is 23.2 Å². The van der Waals surface area contributed by atoms with Gasteiger partial charge in [0.25, 0.3) is 0 Å². The molecule has 0 saturated heterocycles. The molecule has 1 heterocycles. The summed E-state index contributed by atoms with van der Waals surface area (Å²) in [5.74, 6) is -12.9. The summed E-state index contributed by atoms with van der Waals surface area (Å²) in [4.78, 5) is 15.4. The van der Waals surface area contributed by atoms with Gasteiger partial charge in [-0.3, -0.25) is 4.79 Å². The molecule has 142 valence electrons. The average molecular weight is 424 g/mol. The van der Waals surface area contributed by atoms with Gasteiger partial charge in [0.15, 0.2) is 23.3 Å². The van der Waals surface area contributed by atoms with Crippen molar-refractivity contribution in [3.05, 3.63) is 70.7 Å². The van der Waals surface area contributed by atoms with Gasteiger partial charge in [0.1, 0.15) is 6.10 Å². The van der Waals surface area contributed by atoms with E-state index in [1.165, 1.54) is 12.3 Å². The third-order valence-electron chi connectivity index (χ3n) is 4.00. The number of H-pyrrole nitrogens is 1. The van der Waals surface area contributed by atoms with E-state index < -0.39 is 50.9 Å². The largest absolute Gasteiger partial charge is 0.385 e. The standard InChI is InChI=1S/C17H8Cl2F5NO2/c18-17(19,15(26)7-5-25-8-4-2-1-3-6(7)8)16(27)9-10(20)12(22)14(24)13(23)11(9)21/h1-5,16,25,27H/t16-/m1/s1. The van der Waals surface area contributed by atoms with E-state index in [0.717, 1.165) is 0 Å². The highest BCUT2D eigenvalue weighted by molar-refractivity contribution is 6.60. The van der Waals surface area contributed by atoms with E-state index in [1.54, 1.807) is 18.2 Å². The number of carbonyl (C=O) groups is 1. The minimum absolute atomic E-state index is 0.140. The maximum Gasteiger partial charge on any atom is 0.210 e. The van der Waals surface area contributed by atoms with Crippen LogP contribution in [-0.2, 0) is 0 Å². The Bertz CT molecular complexity index is 1040. The summed E-state index contributed by atoms with van der Waals surface area (Å²) in [6.45, 7) is 0. The highest BCUT2D eigenvalue weighted by Crippen LogP contribution is 2.42. The molecule has 3 aromatic rings. The lowest BCUT2D eigenvalue weighted by atomic mass is 9.97. The van der Waals surface area contributed by atoms with Crippen LogP contribution in [0.15, 0.2) is 30.5 Å². The molecule has 0 aliphatic carbocycles. The lowest BCUT2D eigenvalue weighted by Gasteiger charge is -2.25. The molecule has 2 aromatic carbocycles. The molecule has 3 rings (SSSR count). The van der Waals surface area contributed by atoms with Gasteiger partial charge in [-0.2, -0.15) is 0 Å². The Morgan fingerprint density at radius 3 is 2.07 bits per heavy atom. The first-order valence-corrected chi connectivity index (χ1v) is 8.02. The lowest BCUT2D eigenvalue weighted by molar-refractivity contribution is 0.0836. The van der Waals surface area contributed by atoms with Gasteiger partial charge in [-0.15, -0.1) is 0 Å². The first-order chi connectivity index (χ1) is 12.6. The van der Waals surface area contributed by atoms with E-state index in [0.29, 0.717) is 10.9 Å². The van der Waals surface area contributed by atoms with Crippen LogP contribution in [0.4, 0.5) is 22.0 Å². The Morgan fingerprint density at radius 1 is 0.963 bits per heavy atom. The second-order valence-corrected chi connectivity index (χ2v) is 6.97. The zero-order valence-corrected chi connectivity index (χ0v) is 14.5. The first-order valence-electron chi connectivity index (χ1n) is 7.27. The van der Waals surface area contributed by atoms with Crippen LogP contribution in [0, 0.1) is 29.1 Å². The van der Waals surface area contributed by atoms with Gasteiger partial charge < -0.3 is 10.1 Å². The summed E-state index contributed by atoms with van der Waals surface area (Å²) >= 11 is 11.7. The van der Waals surface area contributed by atoms with E-state index in [2.05, 4.69) is 4.98 Å². The average Bonchev–Trinajstić information content (AvgIpc) is 3.08. The summed E-state index contributed by atoms with van der Waals surface area (Å²) in [6, 6.07) is 6.35. The summed E-state index contributed by atoms with van der Waals surface area (Å²) in [6.07, 6.45) is -1.55. The predicted molar refractivity (Wildman–Crippen MR) is 88.3 cm³/mol. The van der Waals surface area contributed by atoms with Crippen molar-refractivity contribution in [2.75, 3.05) is 0 Å². The van der Waals surface area contributed by atoms with Crippen molar-refractivity contribution in [3.63, 3.8) is 0 Å². The molecule has 0 unspecified atom stereocenters. The highest BCUT2D eigenvalue weighted by Gasteiger charge is 2.47. The van der Waals surface area contributed by atoms with Gasteiger partial charge in [-0.1, -0.05) is 41.4 Å². The fraction of sp³-hybridized carbons (Fsp3) is 0.118. The van der Waals surface area contributed by atoms with Crippen LogP contribution in [0.5, 0.6) is 0 Å². The van der Waals surface area contributed by atoms with Gasteiger partial charge >= 0.3 is 0 Å². The molecule has 1 aromatic heterocycles. The third kappa shape index (κ3) is 2.97. The number of aliphatic hydroxyl groups is 1. The summed E-state index contributed by atoms with van der Waals surface area (Å²) < 4.78 is 64.9. The second-order valence-electron chi connectivity index (χ2n) is 5.59. The normalized spacial score (nSPS) is 13.2. The first kappa shape index (κ1) is 19.6. The van der Waals surface area contributed by atoms with Crippen molar-refractivity contribution in [3.8, 4) is 0 Å². The van der Waals surface area contributed by atoms with Crippen LogP contribution < -0.4 is 0 Å². The molecule has 0 bridgehead atoms. The van der Waals surface area contributed by atoms with Crippen LogP contribution in [0.3, 0.4) is 0 Å². The van der Waals surface area contributed by atoms with Crippen LogP contribution in [0.2, 0.25) is 0 Å². The van der Waals surface area contributed by atoms with Gasteiger partial charge in [0.2, 0.25) is 15.9 Å². The van der Waals surface area contributed by atoms with Crippen molar-refractivity contribution in [1.82, 2.24) is 4.98 Å². The Kier molecular flexibility index (Phi) is 4.92. The van der Waals surface area contributed by atoms with Crippen molar-refractivity contribution in [1.29, 1.82) is 0 Å².